The zero-order chi connectivity index (χ0) is 15.2. The van der Waals surface area contributed by atoms with Crippen LogP contribution < -0.4 is 11.1 Å². The molecule has 4 N–H and O–H groups in total. The lowest BCUT2D eigenvalue weighted by atomic mass is 9.89. The number of hydrogen-bond donors (Lipinski definition) is 3. The maximum atomic E-state index is 11.8. The Hall–Kier alpha value is -1.39. The third-order valence-electron chi connectivity index (χ3n) is 3.02. The van der Waals surface area contributed by atoms with Gasteiger partial charge in [0.2, 0.25) is 5.91 Å². The minimum Gasteiger partial charge on any atom is -0.391 e. The summed E-state index contributed by atoms with van der Waals surface area (Å²) in [6, 6.07) is 9.23. The minimum absolute atomic E-state index is 0.0462. The molecule has 0 aliphatic rings. The molecule has 0 radical (unpaired) electrons. The van der Waals surface area contributed by atoms with Crippen molar-refractivity contribution in [1.29, 1.82) is 0 Å². The van der Waals surface area contributed by atoms with Crippen LogP contribution in [0.4, 0.5) is 0 Å². The number of carbonyl (C=O) groups excluding carboxylic acids is 1. The number of rotatable bonds is 6. The monoisotopic (exact) mass is 278 g/mol. The van der Waals surface area contributed by atoms with Gasteiger partial charge in [0.05, 0.1) is 6.10 Å². The van der Waals surface area contributed by atoms with E-state index in [1.807, 2.05) is 30.3 Å². The van der Waals surface area contributed by atoms with Gasteiger partial charge < -0.3 is 16.2 Å². The van der Waals surface area contributed by atoms with Crippen LogP contribution >= 0.6 is 0 Å². The van der Waals surface area contributed by atoms with E-state index in [4.69, 9.17) is 5.73 Å². The smallest absolute Gasteiger partial charge is 0.221 e. The van der Waals surface area contributed by atoms with Crippen LogP contribution in [0.25, 0.3) is 0 Å². The number of hydrogen-bond acceptors (Lipinski definition) is 3. The molecule has 2 atom stereocenters. The van der Waals surface area contributed by atoms with Crippen molar-refractivity contribution in [1.82, 2.24) is 5.32 Å². The molecule has 0 fully saturated rings. The van der Waals surface area contributed by atoms with Gasteiger partial charge in [0.25, 0.3) is 0 Å². The molecular formula is C16H26N2O2. The molecule has 4 heteroatoms. The summed E-state index contributed by atoms with van der Waals surface area (Å²) >= 11 is 0. The number of nitrogens with two attached hydrogens (primary N) is 1. The molecule has 0 spiro atoms. The zero-order valence-electron chi connectivity index (χ0n) is 12.6. The van der Waals surface area contributed by atoms with Crippen LogP contribution in [0.5, 0.6) is 0 Å². The lowest BCUT2D eigenvalue weighted by Gasteiger charge is -2.22. The van der Waals surface area contributed by atoms with Crippen molar-refractivity contribution in [2.24, 2.45) is 11.1 Å². The molecule has 2 unspecified atom stereocenters. The van der Waals surface area contributed by atoms with E-state index < -0.39 is 6.10 Å². The van der Waals surface area contributed by atoms with Gasteiger partial charge in [0, 0.05) is 19.0 Å². The normalized spacial score (nSPS) is 14.7. The minimum atomic E-state index is -0.521. The average Bonchev–Trinajstić information content (AvgIpc) is 2.35. The summed E-state index contributed by atoms with van der Waals surface area (Å²) < 4.78 is 0. The highest BCUT2D eigenvalue weighted by Crippen LogP contribution is 2.20. The fourth-order valence-corrected chi connectivity index (χ4v) is 2.10. The van der Waals surface area contributed by atoms with E-state index in [1.54, 1.807) is 0 Å². The highest BCUT2D eigenvalue weighted by molar-refractivity contribution is 5.76. The second-order valence-electron chi connectivity index (χ2n) is 6.44. The molecule has 1 aromatic rings. The Kier molecular flexibility index (Phi) is 6.17. The second-order valence-corrected chi connectivity index (χ2v) is 6.44. The average molecular weight is 278 g/mol. The lowest BCUT2D eigenvalue weighted by Crippen LogP contribution is -2.35. The van der Waals surface area contributed by atoms with Crippen molar-refractivity contribution in [3.05, 3.63) is 35.9 Å². The molecule has 112 valence electrons. The molecule has 0 aliphatic carbocycles. The number of aliphatic hydroxyl groups is 1. The number of carbonyl (C=O) groups is 1. The Balaban J connectivity index is 2.34. The third-order valence-corrected chi connectivity index (χ3v) is 3.02. The molecular weight excluding hydrogens is 252 g/mol. The Morgan fingerprint density at radius 1 is 1.30 bits per heavy atom. The Morgan fingerprint density at radius 3 is 2.45 bits per heavy atom. The summed E-state index contributed by atoms with van der Waals surface area (Å²) in [5, 5.41) is 12.6. The quantitative estimate of drug-likeness (QED) is 0.745. The van der Waals surface area contributed by atoms with Gasteiger partial charge in [0.15, 0.2) is 0 Å². The summed E-state index contributed by atoms with van der Waals surface area (Å²) in [4.78, 5) is 11.8. The van der Waals surface area contributed by atoms with Crippen molar-refractivity contribution in [2.75, 3.05) is 6.54 Å². The Bertz CT molecular complexity index is 412. The van der Waals surface area contributed by atoms with Gasteiger partial charge in [-0.2, -0.15) is 0 Å². The van der Waals surface area contributed by atoms with Gasteiger partial charge in [-0.05, 0) is 17.4 Å². The van der Waals surface area contributed by atoms with Crippen LogP contribution in [-0.4, -0.2) is 23.7 Å². The van der Waals surface area contributed by atoms with Crippen molar-refractivity contribution >= 4 is 5.91 Å². The van der Waals surface area contributed by atoms with Gasteiger partial charge in [-0.25, -0.2) is 0 Å². The summed E-state index contributed by atoms with van der Waals surface area (Å²) in [6.45, 7) is 6.45. The van der Waals surface area contributed by atoms with Crippen LogP contribution in [0.15, 0.2) is 30.3 Å². The molecule has 1 aromatic carbocycles. The maximum absolute atomic E-state index is 11.8. The van der Waals surface area contributed by atoms with Gasteiger partial charge >= 0.3 is 0 Å². The fraction of sp³-hybridized carbons (Fsp3) is 0.562. The summed E-state index contributed by atoms with van der Waals surface area (Å²) in [5.74, 6) is -0.130. The molecule has 0 aliphatic heterocycles. The van der Waals surface area contributed by atoms with Crippen molar-refractivity contribution < 1.29 is 9.90 Å². The van der Waals surface area contributed by atoms with E-state index in [-0.39, 0.29) is 30.3 Å². The Labute approximate surface area is 121 Å². The lowest BCUT2D eigenvalue weighted by molar-refractivity contribution is -0.122. The van der Waals surface area contributed by atoms with E-state index in [0.717, 1.165) is 5.56 Å². The zero-order valence-corrected chi connectivity index (χ0v) is 12.6. The molecule has 0 aromatic heterocycles. The van der Waals surface area contributed by atoms with Gasteiger partial charge in [-0.1, -0.05) is 51.1 Å². The third kappa shape index (κ3) is 6.68. The van der Waals surface area contributed by atoms with E-state index in [0.29, 0.717) is 6.42 Å². The van der Waals surface area contributed by atoms with E-state index in [9.17, 15) is 9.90 Å². The summed E-state index contributed by atoms with van der Waals surface area (Å²) in [7, 11) is 0. The number of aliphatic hydroxyl groups excluding tert-OH is 1. The second kappa shape index (κ2) is 7.41. The first-order valence-corrected chi connectivity index (χ1v) is 7.03. The van der Waals surface area contributed by atoms with Crippen molar-refractivity contribution in [3.63, 3.8) is 0 Å². The molecule has 20 heavy (non-hydrogen) atoms. The van der Waals surface area contributed by atoms with Crippen LogP contribution in [0.2, 0.25) is 0 Å². The summed E-state index contributed by atoms with van der Waals surface area (Å²) in [5.41, 5.74) is 6.97. The molecule has 0 bridgehead atoms. The predicted molar refractivity (Wildman–Crippen MR) is 81.1 cm³/mol. The predicted octanol–water partition coefficient (Wildman–Crippen LogP) is 1.99. The highest BCUT2D eigenvalue weighted by atomic mass is 16.3. The largest absolute Gasteiger partial charge is 0.391 e. The number of benzene rings is 1. The highest BCUT2D eigenvalue weighted by Gasteiger charge is 2.18. The molecule has 0 saturated carbocycles. The maximum Gasteiger partial charge on any atom is 0.221 e. The van der Waals surface area contributed by atoms with Gasteiger partial charge in [-0.15, -0.1) is 0 Å². The first-order valence-electron chi connectivity index (χ1n) is 7.03. The number of nitrogens with one attached hydrogen (secondary N) is 1. The molecule has 1 rings (SSSR count). The van der Waals surface area contributed by atoms with Crippen LogP contribution in [0, 0.1) is 5.41 Å². The first-order chi connectivity index (χ1) is 9.28. The molecule has 0 saturated heterocycles. The van der Waals surface area contributed by atoms with Crippen LogP contribution in [-0.2, 0) is 4.79 Å². The van der Waals surface area contributed by atoms with Crippen LogP contribution in [0.3, 0.4) is 0 Å². The molecule has 1 amide bonds. The topological polar surface area (TPSA) is 75.3 Å². The van der Waals surface area contributed by atoms with Gasteiger partial charge in [-0.3, -0.25) is 4.79 Å². The molecule has 4 nitrogen and oxygen atoms in total. The van der Waals surface area contributed by atoms with E-state index in [2.05, 4.69) is 26.1 Å². The Morgan fingerprint density at radius 2 is 1.90 bits per heavy atom. The summed E-state index contributed by atoms with van der Waals surface area (Å²) in [6.07, 6.45) is 0.358. The fourth-order valence-electron chi connectivity index (χ4n) is 2.10. The number of amides is 1. The molecule has 0 heterocycles. The standard InChI is InChI=1S/C16H26N2O2/c1-16(2,3)10-13(19)11-18-15(20)9-14(17)12-7-5-4-6-8-12/h4-8,13-14,19H,9-11,17H2,1-3H3,(H,18,20). The van der Waals surface area contributed by atoms with E-state index >= 15 is 0 Å². The first kappa shape index (κ1) is 16.7. The van der Waals surface area contributed by atoms with E-state index in [1.165, 1.54) is 0 Å². The van der Waals surface area contributed by atoms with Crippen molar-refractivity contribution in [3.8, 4) is 0 Å². The van der Waals surface area contributed by atoms with Crippen molar-refractivity contribution in [2.45, 2.75) is 45.8 Å². The SMILES string of the molecule is CC(C)(C)CC(O)CNC(=O)CC(N)c1ccccc1. The van der Waals surface area contributed by atoms with Crippen LogP contribution in [0.1, 0.15) is 45.2 Å². The van der Waals surface area contributed by atoms with Gasteiger partial charge in [0.1, 0.15) is 0 Å².